The number of fused-ring (bicyclic) bond motifs is 1. The maximum absolute atomic E-state index is 10.9. The van der Waals surface area contributed by atoms with E-state index in [2.05, 4.69) is 15.5 Å². The minimum absolute atomic E-state index is 0.239. The number of carboxylic acids is 1. The number of nitrogens with zero attached hydrogens (tertiary/aromatic N) is 1. The molecule has 0 saturated heterocycles. The molecule has 3 N–H and O–H groups in total. The Bertz CT molecular complexity index is 550. The zero-order chi connectivity index (χ0) is 12.3. The summed E-state index contributed by atoms with van der Waals surface area (Å²) in [6.07, 6.45) is 2.33. The SMILES string of the molecule is O=CNC(Cc1ccc2cn[nH]c2c1)C(=O)O. The number of rotatable bonds is 5. The van der Waals surface area contributed by atoms with Gasteiger partial charge >= 0.3 is 5.97 Å². The van der Waals surface area contributed by atoms with Crippen LogP contribution in [-0.2, 0) is 16.0 Å². The van der Waals surface area contributed by atoms with Crippen molar-refractivity contribution in [1.82, 2.24) is 15.5 Å². The summed E-state index contributed by atoms with van der Waals surface area (Å²) in [4.78, 5) is 21.2. The highest BCUT2D eigenvalue weighted by molar-refractivity contribution is 5.79. The molecule has 0 aliphatic carbocycles. The van der Waals surface area contributed by atoms with Gasteiger partial charge in [-0.3, -0.25) is 9.89 Å². The smallest absolute Gasteiger partial charge is 0.326 e. The average Bonchev–Trinajstić information content (AvgIpc) is 2.75. The van der Waals surface area contributed by atoms with Crippen LogP contribution in [0.15, 0.2) is 24.4 Å². The number of aliphatic carboxylic acids is 1. The zero-order valence-electron chi connectivity index (χ0n) is 8.88. The van der Waals surface area contributed by atoms with Crippen LogP contribution >= 0.6 is 0 Å². The molecular weight excluding hydrogens is 222 g/mol. The van der Waals surface area contributed by atoms with E-state index in [0.29, 0.717) is 6.41 Å². The summed E-state index contributed by atoms with van der Waals surface area (Å²) in [7, 11) is 0. The largest absolute Gasteiger partial charge is 0.480 e. The van der Waals surface area contributed by atoms with Crippen molar-refractivity contribution >= 4 is 23.3 Å². The molecule has 2 aromatic rings. The number of nitrogens with one attached hydrogen (secondary N) is 2. The van der Waals surface area contributed by atoms with E-state index in [1.807, 2.05) is 18.2 Å². The first-order valence-corrected chi connectivity index (χ1v) is 5.05. The minimum Gasteiger partial charge on any atom is -0.480 e. The van der Waals surface area contributed by atoms with Gasteiger partial charge in [0, 0.05) is 11.8 Å². The van der Waals surface area contributed by atoms with E-state index in [-0.39, 0.29) is 6.42 Å². The molecule has 1 unspecified atom stereocenters. The highest BCUT2D eigenvalue weighted by Gasteiger charge is 2.16. The van der Waals surface area contributed by atoms with Crippen LogP contribution in [0.3, 0.4) is 0 Å². The van der Waals surface area contributed by atoms with Crippen LogP contribution < -0.4 is 5.32 Å². The predicted molar refractivity (Wildman–Crippen MR) is 60.4 cm³/mol. The molecule has 0 aliphatic rings. The highest BCUT2D eigenvalue weighted by atomic mass is 16.4. The van der Waals surface area contributed by atoms with Gasteiger partial charge in [0.05, 0.1) is 11.7 Å². The van der Waals surface area contributed by atoms with E-state index in [1.54, 1.807) is 6.20 Å². The third-order valence-corrected chi connectivity index (χ3v) is 2.51. The Labute approximate surface area is 96.6 Å². The van der Waals surface area contributed by atoms with E-state index in [0.717, 1.165) is 16.5 Å². The van der Waals surface area contributed by atoms with Gasteiger partial charge in [0.1, 0.15) is 6.04 Å². The van der Waals surface area contributed by atoms with E-state index in [4.69, 9.17) is 5.11 Å². The molecule has 2 rings (SSSR count). The lowest BCUT2D eigenvalue weighted by atomic mass is 10.0. The Morgan fingerprint density at radius 1 is 1.59 bits per heavy atom. The van der Waals surface area contributed by atoms with Crippen molar-refractivity contribution in [3.05, 3.63) is 30.0 Å². The molecule has 1 aromatic carbocycles. The first-order valence-electron chi connectivity index (χ1n) is 5.05. The van der Waals surface area contributed by atoms with Crippen LogP contribution in [0, 0.1) is 0 Å². The summed E-state index contributed by atoms with van der Waals surface area (Å²) in [5, 5.41) is 18.8. The van der Waals surface area contributed by atoms with Crippen LogP contribution in [0.5, 0.6) is 0 Å². The lowest BCUT2D eigenvalue weighted by Gasteiger charge is -2.10. The summed E-state index contributed by atoms with van der Waals surface area (Å²) >= 11 is 0. The van der Waals surface area contributed by atoms with Crippen LogP contribution in [0.4, 0.5) is 0 Å². The maximum atomic E-state index is 10.9. The molecule has 88 valence electrons. The maximum Gasteiger partial charge on any atom is 0.326 e. The number of carboxylic acid groups (broad SMARTS) is 1. The third kappa shape index (κ3) is 2.41. The lowest BCUT2D eigenvalue weighted by Crippen LogP contribution is -2.37. The molecule has 0 radical (unpaired) electrons. The molecule has 0 bridgehead atoms. The molecule has 0 fully saturated rings. The zero-order valence-corrected chi connectivity index (χ0v) is 8.88. The van der Waals surface area contributed by atoms with Crippen molar-refractivity contribution in [3.63, 3.8) is 0 Å². The molecule has 0 spiro atoms. The minimum atomic E-state index is -1.05. The van der Waals surface area contributed by atoms with Crippen molar-refractivity contribution in [2.45, 2.75) is 12.5 Å². The van der Waals surface area contributed by atoms with E-state index >= 15 is 0 Å². The van der Waals surface area contributed by atoms with Gasteiger partial charge < -0.3 is 10.4 Å². The van der Waals surface area contributed by atoms with Crippen LogP contribution in [0.2, 0.25) is 0 Å². The number of hydrogen-bond donors (Lipinski definition) is 3. The fraction of sp³-hybridized carbons (Fsp3) is 0.182. The number of H-pyrrole nitrogens is 1. The van der Waals surface area contributed by atoms with Crippen LogP contribution in [-0.4, -0.2) is 33.7 Å². The lowest BCUT2D eigenvalue weighted by molar-refractivity contribution is -0.140. The number of benzene rings is 1. The Morgan fingerprint density at radius 2 is 2.41 bits per heavy atom. The molecule has 1 atom stereocenters. The fourth-order valence-corrected chi connectivity index (χ4v) is 1.65. The second kappa shape index (κ2) is 4.65. The van der Waals surface area contributed by atoms with Gasteiger partial charge in [0.25, 0.3) is 0 Å². The van der Waals surface area contributed by atoms with Crippen molar-refractivity contribution in [2.24, 2.45) is 0 Å². The molecule has 1 heterocycles. The van der Waals surface area contributed by atoms with Crippen LogP contribution in [0.25, 0.3) is 10.9 Å². The van der Waals surface area contributed by atoms with Gasteiger partial charge in [-0.15, -0.1) is 0 Å². The number of carbonyl (C=O) groups is 2. The van der Waals surface area contributed by atoms with E-state index < -0.39 is 12.0 Å². The van der Waals surface area contributed by atoms with Gasteiger partial charge in [-0.1, -0.05) is 12.1 Å². The summed E-state index contributed by atoms with van der Waals surface area (Å²) in [5.74, 6) is -1.05. The summed E-state index contributed by atoms with van der Waals surface area (Å²) in [6, 6.07) is 4.59. The highest BCUT2D eigenvalue weighted by Crippen LogP contribution is 2.14. The predicted octanol–water partition coefficient (Wildman–Crippen LogP) is 0.305. The van der Waals surface area contributed by atoms with Gasteiger partial charge in [-0.25, -0.2) is 4.79 Å². The van der Waals surface area contributed by atoms with Crippen molar-refractivity contribution in [3.8, 4) is 0 Å². The monoisotopic (exact) mass is 233 g/mol. The van der Waals surface area contributed by atoms with E-state index in [1.165, 1.54) is 0 Å². The van der Waals surface area contributed by atoms with Gasteiger partial charge in [0.2, 0.25) is 6.41 Å². The summed E-state index contributed by atoms with van der Waals surface area (Å²) in [5.41, 5.74) is 1.67. The van der Waals surface area contributed by atoms with E-state index in [9.17, 15) is 9.59 Å². The molecular formula is C11H11N3O3. The number of aromatic nitrogens is 2. The molecule has 0 aliphatic heterocycles. The standard InChI is InChI=1S/C11H11N3O3/c15-6-12-10(11(16)17)4-7-1-2-8-5-13-14-9(8)3-7/h1-3,5-6,10H,4H2,(H,12,15)(H,13,14)(H,16,17). The molecule has 1 aromatic heterocycles. The molecule has 1 amide bonds. The summed E-state index contributed by atoms with van der Waals surface area (Å²) in [6.45, 7) is 0. The number of hydrogen-bond acceptors (Lipinski definition) is 3. The second-order valence-electron chi connectivity index (χ2n) is 3.67. The normalized spacial score (nSPS) is 12.2. The fourth-order valence-electron chi connectivity index (χ4n) is 1.65. The first kappa shape index (κ1) is 11.1. The number of amides is 1. The topological polar surface area (TPSA) is 95.1 Å². The molecule has 0 saturated carbocycles. The Balaban J connectivity index is 2.20. The average molecular weight is 233 g/mol. The Morgan fingerprint density at radius 3 is 3.12 bits per heavy atom. The number of carbonyl (C=O) groups excluding carboxylic acids is 1. The van der Waals surface area contributed by atoms with Gasteiger partial charge in [0.15, 0.2) is 0 Å². The number of aromatic amines is 1. The molecule has 6 heteroatoms. The first-order chi connectivity index (χ1) is 8.20. The van der Waals surface area contributed by atoms with Gasteiger partial charge in [-0.2, -0.15) is 5.10 Å². The van der Waals surface area contributed by atoms with Crippen molar-refractivity contribution < 1.29 is 14.7 Å². The van der Waals surface area contributed by atoms with Gasteiger partial charge in [-0.05, 0) is 11.6 Å². The second-order valence-corrected chi connectivity index (χ2v) is 3.67. The Kier molecular flexibility index (Phi) is 3.04. The third-order valence-electron chi connectivity index (χ3n) is 2.51. The Hall–Kier alpha value is -2.37. The molecule has 6 nitrogen and oxygen atoms in total. The van der Waals surface area contributed by atoms with Crippen molar-refractivity contribution in [1.29, 1.82) is 0 Å². The molecule has 17 heavy (non-hydrogen) atoms. The quantitative estimate of drug-likeness (QED) is 0.647. The summed E-state index contributed by atoms with van der Waals surface area (Å²) < 4.78 is 0. The van der Waals surface area contributed by atoms with Crippen molar-refractivity contribution in [2.75, 3.05) is 0 Å². The van der Waals surface area contributed by atoms with Crippen LogP contribution in [0.1, 0.15) is 5.56 Å².